The second-order valence-electron chi connectivity index (χ2n) is 22.2. The Kier molecular flexibility index (Phi) is 59.5. The number of aliphatic hydroxyl groups is 4. The minimum atomic E-state index is -0.698. The Morgan fingerprint density at radius 1 is 0.236 bits per heavy atom. The molecule has 0 fully saturated rings. The van der Waals surface area contributed by atoms with Gasteiger partial charge < -0.3 is 39.4 Å². The summed E-state index contributed by atoms with van der Waals surface area (Å²) in [5.41, 5.74) is 0. The van der Waals surface area contributed by atoms with Gasteiger partial charge in [0.1, 0.15) is 0 Å². The maximum Gasteiger partial charge on any atom is 0.0900 e. The van der Waals surface area contributed by atoms with E-state index in [-0.39, 0.29) is 26.4 Å². The van der Waals surface area contributed by atoms with Crippen LogP contribution in [0.4, 0.5) is 0 Å². The number of ether oxygens (including phenoxy) is 4. The summed E-state index contributed by atoms with van der Waals surface area (Å²) in [6.45, 7) is 15.2. The number of aliphatic hydroxyl groups excluding tert-OH is 4. The number of hydrogen-bond acceptors (Lipinski definition) is 10. The quantitative estimate of drug-likeness (QED) is 0.0438. The third-order valence-electron chi connectivity index (χ3n) is 14.4. The third-order valence-corrected chi connectivity index (χ3v) is 14.4. The van der Waals surface area contributed by atoms with Gasteiger partial charge in [-0.2, -0.15) is 0 Å². The smallest absolute Gasteiger partial charge is 0.0900 e. The summed E-state index contributed by atoms with van der Waals surface area (Å²) in [6, 6.07) is 0. The molecule has 0 bridgehead atoms. The van der Waals surface area contributed by atoms with Crippen LogP contribution < -0.4 is 0 Å². The predicted molar refractivity (Wildman–Crippen MR) is 308 cm³/mol. The van der Waals surface area contributed by atoms with Gasteiger partial charge in [0.15, 0.2) is 0 Å². The van der Waals surface area contributed by atoms with Crippen LogP contribution in [0.3, 0.4) is 0 Å². The van der Waals surface area contributed by atoms with E-state index in [2.05, 4.69) is 37.5 Å². The van der Waals surface area contributed by atoms with Gasteiger partial charge in [0.2, 0.25) is 0 Å². The number of unbranched alkanes of at least 4 members (excludes halogenated alkanes) is 36. The monoisotopic (exact) mass is 1030 g/mol. The number of nitrogens with zero attached hydrogens (tertiary/aromatic N) is 2. The molecule has 0 aromatic carbocycles. The number of rotatable bonds is 63. The molecular formula is C62H128N2O8. The fourth-order valence-corrected chi connectivity index (χ4v) is 9.84. The van der Waals surface area contributed by atoms with Crippen LogP contribution in [-0.2, 0) is 18.9 Å². The fourth-order valence-electron chi connectivity index (χ4n) is 9.84. The maximum atomic E-state index is 11.2. The summed E-state index contributed by atoms with van der Waals surface area (Å²) in [7, 11) is 0. The van der Waals surface area contributed by atoms with Crippen molar-refractivity contribution in [2.75, 3.05) is 92.1 Å². The lowest BCUT2D eigenvalue weighted by molar-refractivity contribution is -0.0244. The van der Waals surface area contributed by atoms with Crippen LogP contribution in [0.25, 0.3) is 0 Å². The summed E-state index contributed by atoms with van der Waals surface area (Å²) in [5.74, 6) is 0. The van der Waals surface area contributed by atoms with E-state index in [1.54, 1.807) is 0 Å². The Bertz CT molecular complexity index is 851. The highest BCUT2D eigenvalue weighted by atomic mass is 16.5. The van der Waals surface area contributed by atoms with Crippen molar-refractivity contribution >= 4 is 0 Å². The highest BCUT2D eigenvalue weighted by Gasteiger charge is 2.21. The van der Waals surface area contributed by atoms with Crippen molar-refractivity contribution in [1.82, 2.24) is 9.80 Å². The van der Waals surface area contributed by atoms with Crippen LogP contribution in [0, 0.1) is 0 Å². The molecule has 434 valence electrons. The van der Waals surface area contributed by atoms with Gasteiger partial charge in [0, 0.05) is 65.7 Å². The molecule has 4 atom stereocenters. The molecule has 0 saturated heterocycles. The Morgan fingerprint density at radius 2 is 0.389 bits per heavy atom. The Labute approximate surface area is 448 Å². The first-order valence-corrected chi connectivity index (χ1v) is 31.8. The first-order valence-electron chi connectivity index (χ1n) is 31.8. The largest absolute Gasteiger partial charge is 0.389 e. The molecule has 0 rings (SSSR count). The minimum Gasteiger partial charge on any atom is -0.389 e. The molecule has 0 aliphatic heterocycles. The van der Waals surface area contributed by atoms with E-state index in [0.717, 1.165) is 51.4 Å². The van der Waals surface area contributed by atoms with E-state index in [0.29, 0.717) is 65.7 Å². The molecule has 4 unspecified atom stereocenters. The molecule has 0 heterocycles. The second kappa shape index (κ2) is 59.8. The highest BCUT2D eigenvalue weighted by molar-refractivity contribution is 4.75. The minimum absolute atomic E-state index is 0.257. The van der Waals surface area contributed by atoms with Gasteiger partial charge in [-0.05, 0) is 25.7 Å². The van der Waals surface area contributed by atoms with E-state index in [9.17, 15) is 20.4 Å². The lowest BCUT2D eigenvalue weighted by atomic mass is 10.1. The normalized spacial score (nSPS) is 13.8. The molecule has 10 nitrogen and oxygen atoms in total. The van der Waals surface area contributed by atoms with Crippen LogP contribution in [-0.4, -0.2) is 147 Å². The maximum absolute atomic E-state index is 11.2. The standard InChI is InChI=1S/C62H128N2O8/c1-5-9-13-17-21-25-29-33-37-41-47-69-55-59(65)51-63(52-60(66)56-70-48-42-38-34-30-26-22-18-14-10-6-2)45-46-64(53-61(67)57-71-49-43-39-35-31-27-23-19-15-11-7-3)54-62(68)58-72-50-44-40-36-32-28-24-20-16-12-8-4/h59-62,65-68H,5-58H2,1-4H3. The average Bonchev–Trinajstić information content (AvgIpc) is 3.36. The van der Waals surface area contributed by atoms with Crippen molar-refractivity contribution < 1.29 is 39.4 Å². The van der Waals surface area contributed by atoms with Crippen molar-refractivity contribution in [2.45, 2.75) is 309 Å². The summed E-state index contributed by atoms with van der Waals surface area (Å²) < 4.78 is 23.9. The molecular weight excluding hydrogens is 901 g/mol. The van der Waals surface area contributed by atoms with Crippen LogP contribution in [0.15, 0.2) is 0 Å². The van der Waals surface area contributed by atoms with Gasteiger partial charge in [-0.25, -0.2) is 0 Å². The Hall–Kier alpha value is -0.400. The van der Waals surface area contributed by atoms with E-state index >= 15 is 0 Å². The molecule has 4 N–H and O–H groups in total. The van der Waals surface area contributed by atoms with Crippen LogP contribution in [0.5, 0.6) is 0 Å². The van der Waals surface area contributed by atoms with Crippen molar-refractivity contribution in [1.29, 1.82) is 0 Å². The molecule has 72 heavy (non-hydrogen) atoms. The Morgan fingerprint density at radius 3 is 0.556 bits per heavy atom. The molecule has 0 aromatic rings. The fraction of sp³-hybridized carbons (Fsp3) is 1.00. The molecule has 0 radical (unpaired) electrons. The van der Waals surface area contributed by atoms with Crippen LogP contribution in [0.2, 0.25) is 0 Å². The summed E-state index contributed by atoms with van der Waals surface area (Å²) in [5, 5.41) is 44.9. The van der Waals surface area contributed by atoms with Crippen molar-refractivity contribution in [3.8, 4) is 0 Å². The van der Waals surface area contributed by atoms with E-state index in [1.165, 1.54) is 205 Å². The lowest BCUT2D eigenvalue weighted by Crippen LogP contribution is -2.47. The van der Waals surface area contributed by atoms with Gasteiger partial charge in [-0.3, -0.25) is 9.80 Å². The predicted octanol–water partition coefficient (Wildman–Crippen LogP) is 14.8. The zero-order chi connectivity index (χ0) is 52.5. The van der Waals surface area contributed by atoms with Crippen molar-refractivity contribution in [2.24, 2.45) is 0 Å². The highest BCUT2D eigenvalue weighted by Crippen LogP contribution is 2.15. The summed E-state index contributed by atoms with van der Waals surface area (Å²) >= 11 is 0. The Balaban J connectivity index is 5.25. The molecule has 0 aliphatic rings. The van der Waals surface area contributed by atoms with Gasteiger partial charge >= 0.3 is 0 Å². The lowest BCUT2D eigenvalue weighted by Gasteiger charge is -2.32. The first kappa shape index (κ1) is 71.6. The van der Waals surface area contributed by atoms with E-state index in [1.807, 2.05) is 0 Å². The van der Waals surface area contributed by atoms with Crippen LogP contribution >= 0.6 is 0 Å². The summed E-state index contributed by atoms with van der Waals surface area (Å²) in [6.07, 6.45) is 48.2. The van der Waals surface area contributed by atoms with Crippen molar-refractivity contribution in [3.63, 3.8) is 0 Å². The SMILES string of the molecule is CCCCCCCCCCCCOCC(O)CN(CCN(CC(O)COCCCCCCCCCCCC)CC(O)COCCCCCCCCCCCC)CC(O)COCCCCCCCCCCCC. The second-order valence-corrected chi connectivity index (χ2v) is 22.2. The zero-order valence-electron chi connectivity index (χ0n) is 48.8. The molecule has 0 aliphatic carbocycles. The molecule has 0 spiro atoms. The average molecular weight is 1030 g/mol. The number of hydrogen-bond donors (Lipinski definition) is 4. The van der Waals surface area contributed by atoms with Crippen LogP contribution in [0.1, 0.15) is 285 Å². The van der Waals surface area contributed by atoms with Crippen molar-refractivity contribution in [3.05, 3.63) is 0 Å². The van der Waals surface area contributed by atoms with E-state index < -0.39 is 24.4 Å². The summed E-state index contributed by atoms with van der Waals surface area (Å²) in [4.78, 5) is 4.19. The molecule has 10 heteroatoms. The van der Waals surface area contributed by atoms with Gasteiger partial charge in [0.05, 0.1) is 50.8 Å². The molecule has 0 amide bonds. The van der Waals surface area contributed by atoms with Gasteiger partial charge in [0.25, 0.3) is 0 Å². The topological polar surface area (TPSA) is 124 Å². The molecule has 0 saturated carbocycles. The zero-order valence-corrected chi connectivity index (χ0v) is 48.8. The first-order chi connectivity index (χ1) is 35.4. The molecule has 0 aromatic heterocycles. The van der Waals surface area contributed by atoms with Gasteiger partial charge in [-0.1, -0.05) is 259 Å². The third kappa shape index (κ3) is 55.8. The van der Waals surface area contributed by atoms with Gasteiger partial charge in [-0.15, -0.1) is 0 Å². The van der Waals surface area contributed by atoms with E-state index in [4.69, 9.17) is 18.9 Å².